The van der Waals surface area contributed by atoms with Crippen molar-refractivity contribution in [3.8, 4) is 0 Å². The monoisotopic (exact) mass is 281 g/mol. The third kappa shape index (κ3) is 10.00. The van der Waals surface area contributed by atoms with Crippen molar-refractivity contribution < 1.29 is 11.4 Å². The van der Waals surface area contributed by atoms with E-state index in [2.05, 4.69) is 6.92 Å². The van der Waals surface area contributed by atoms with Crippen molar-refractivity contribution in [1.82, 2.24) is 0 Å². The fourth-order valence-corrected chi connectivity index (χ4v) is 2.47. The molecule has 0 aliphatic rings. The van der Waals surface area contributed by atoms with Crippen LogP contribution >= 0.6 is 0 Å². The van der Waals surface area contributed by atoms with Gasteiger partial charge in [-0.25, -0.2) is 4.57 Å². The number of nitrogens with zero attached hydrogens (tertiary/aromatic N) is 1. The summed E-state index contributed by atoms with van der Waals surface area (Å²) in [5, 5.41) is 0. The Morgan fingerprint density at radius 2 is 1.10 bits per heavy atom. The molecule has 0 aliphatic carbocycles. The normalized spacial score (nSPS) is 14.3. The van der Waals surface area contributed by atoms with E-state index in [1.807, 2.05) is 0 Å². The van der Waals surface area contributed by atoms with Crippen LogP contribution in [0.25, 0.3) is 0 Å². The molecule has 0 radical (unpaired) electrons. The summed E-state index contributed by atoms with van der Waals surface area (Å²) >= 11 is 0. The van der Waals surface area contributed by atoms with Crippen LogP contribution in [0.5, 0.6) is 0 Å². The highest BCUT2D eigenvalue weighted by atomic mass is 14.9. The summed E-state index contributed by atoms with van der Waals surface area (Å²) in [6.07, 6.45) is 14.8. The van der Waals surface area contributed by atoms with E-state index in [9.17, 15) is 0 Å². The van der Waals surface area contributed by atoms with Crippen LogP contribution < -0.4 is 4.57 Å². The zero-order chi connectivity index (χ0) is 18.7. The quantitative estimate of drug-likeness (QED) is 0.324. The van der Waals surface area contributed by atoms with Crippen LogP contribution in [-0.4, -0.2) is 0 Å². The third-order valence-electron chi connectivity index (χ3n) is 3.74. The molecule has 0 aromatic carbocycles. The van der Waals surface area contributed by atoms with Crippen LogP contribution in [0.1, 0.15) is 90.8 Å². The smallest absolute Gasteiger partial charge is 0.168 e. The largest absolute Gasteiger partial charge is 0.205 e. The Morgan fingerprint density at radius 3 is 1.60 bits per heavy atom. The van der Waals surface area contributed by atoms with Gasteiger partial charge in [0.1, 0.15) is 9.29 Å². The van der Waals surface area contributed by atoms with E-state index in [-0.39, 0.29) is 30.5 Å². The summed E-state index contributed by atoms with van der Waals surface area (Å²) in [7, 11) is 0. The topological polar surface area (TPSA) is 3.88 Å². The molecule has 1 aromatic heterocycles. The van der Waals surface area contributed by atoms with E-state index in [1.54, 1.807) is 0 Å². The molecule has 114 valence electrons. The molecular weight excluding hydrogens is 242 g/mol. The molecule has 0 fully saturated rings. The van der Waals surface area contributed by atoms with Crippen LogP contribution in [0.2, 0.25) is 0 Å². The minimum atomic E-state index is -0.319. The molecule has 1 nitrogen and oxygen atoms in total. The van der Waals surface area contributed by atoms with E-state index < -0.39 is 0 Å². The highest BCUT2D eigenvalue weighted by Gasteiger charge is 1.97. The van der Waals surface area contributed by atoms with Crippen LogP contribution in [0.4, 0.5) is 0 Å². The van der Waals surface area contributed by atoms with Crippen molar-refractivity contribution in [2.75, 3.05) is 0 Å². The SMILES string of the molecule is [2H]c1c([2H])c([2H])[n+](CCCCCCCCCCCCCC)c([2H])c1[2H]. The first-order valence-electron chi connectivity index (χ1n) is 11.0. The van der Waals surface area contributed by atoms with Gasteiger partial charge in [-0.2, -0.15) is 0 Å². The Morgan fingerprint density at radius 1 is 0.650 bits per heavy atom. The fraction of sp³-hybridized carbons (Fsp3) is 0.737. The minimum absolute atomic E-state index is 0.117. The Balaban J connectivity index is 2.15. The van der Waals surface area contributed by atoms with Crippen LogP contribution in [-0.2, 0) is 6.54 Å². The van der Waals surface area contributed by atoms with Crippen LogP contribution in [0.15, 0.2) is 30.5 Å². The summed E-state index contributed by atoms with van der Waals surface area (Å²) < 4.78 is 40.1. The summed E-state index contributed by atoms with van der Waals surface area (Å²) in [6.45, 7) is 2.74. The Labute approximate surface area is 133 Å². The molecule has 1 heterocycles. The number of rotatable bonds is 13. The molecule has 1 aromatic rings. The van der Waals surface area contributed by atoms with Gasteiger partial charge < -0.3 is 0 Å². The first-order valence-corrected chi connectivity index (χ1v) is 8.47. The van der Waals surface area contributed by atoms with E-state index in [1.165, 1.54) is 62.4 Å². The lowest BCUT2D eigenvalue weighted by Gasteiger charge is -2.02. The van der Waals surface area contributed by atoms with Gasteiger partial charge in [0.2, 0.25) is 0 Å². The van der Waals surface area contributed by atoms with Crippen LogP contribution in [0, 0.1) is 0 Å². The molecule has 0 bridgehead atoms. The summed E-state index contributed by atoms with van der Waals surface area (Å²) in [4.78, 5) is 0. The lowest BCUT2D eigenvalue weighted by molar-refractivity contribution is -0.697. The molecular formula is C19H34N+. The molecule has 0 saturated carbocycles. The predicted octanol–water partition coefficient (Wildman–Crippen LogP) is 5.68. The lowest BCUT2D eigenvalue weighted by Crippen LogP contribution is -2.32. The maximum Gasteiger partial charge on any atom is 0.168 e. The van der Waals surface area contributed by atoms with E-state index in [0.29, 0.717) is 6.54 Å². The lowest BCUT2D eigenvalue weighted by atomic mass is 10.1. The Bertz CT molecular complexity index is 490. The third-order valence-corrected chi connectivity index (χ3v) is 3.74. The van der Waals surface area contributed by atoms with Gasteiger partial charge in [-0.3, -0.25) is 0 Å². The predicted molar refractivity (Wildman–Crippen MR) is 87.7 cm³/mol. The number of hydrogen-bond acceptors (Lipinski definition) is 0. The van der Waals surface area contributed by atoms with Gasteiger partial charge in [-0.05, 0) is 6.42 Å². The molecule has 0 N–H and O–H groups in total. The molecule has 0 saturated heterocycles. The number of aromatic nitrogens is 1. The minimum Gasteiger partial charge on any atom is -0.205 e. The van der Waals surface area contributed by atoms with Crippen molar-refractivity contribution in [1.29, 1.82) is 0 Å². The molecule has 0 spiro atoms. The average Bonchev–Trinajstić information content (AvgIpc) is 2.61. The summed E-state index contributed by atoms with van der Waals surface area (Å²) in [6, 6.07) is -0.819. The second kappa shape index (κ2) is 13.1. The van der Waals surface area contributed by atoms with Gasteiger partial charge in [0.25, 0.3) is 0 Å². The Hall–Kier alpha value is -0.850. The van der Waals surface area contributed by atoms with Gasteiger partial charge in [0.05, 0.1) is 4.11 Å². The van der Waals surface area contributed by atoms with Crippen LogP contribution in [0.3, 0.4) is 0 Å². The second-order valence-electron chi connectivity index (χ2n) is 5.64. The Kier molecular flexibility index (Phi) is 7.11. The summed E-state index contributed by atoms with van der Waals surface area (Å²) in [5.41, 5.74) is 0. The second-order valence-corrected chi connectivity index (χ2v) is 5.64. The molecule has 0 amide bonds. The van der Waals surface area contributed by atoms with Gasteiger partial charge >= 0.3 is 0 Å². The molecule has 1 heteroatoms. The molecule has 1 rings (SSSR count). The van der Waals surface area contributed by atoms with Crippen molar-refractivity contribution in [3.63, 3.8) is 0 Å². The van der Waals surface area contributed by atoms with Gasteiger partial charge in [0, 0.05) is 18.5 Å². The molecule has 0 atom stereocenters. The summed E-state index contributed by atoms with van der Waals surface area (Å²) in [5.74, 6) is 0. The van der Waals surface area contributed by atoms with Crippen molar-refractivity contribution in [2.45, 2.75) is 90.5 Å². The van der Waals surface area contributed by atoms with E-state index in [0.717, 1.165) is 19.3 Å². The maximum atomic E-state index is 7.88. The fourth-order valence-electron chi connectivity index (χ4n) is 2.47. The number of pyridine rings is 1. The highest BCUT2D eigenvalue weighted by Crippen LogP contribution is 2.11. The maximum absolute atomic E-state index is 7.88. The van der Waals surface area contributed by atoms with Crippen molar-refractivity contribution >= 4 is 0 Å². The molecule has 20 heavy (non-hydrogen) atoms. The van der Waals surface area contributed by atoms with E-state index in [4.69, 9.17) is 6.85 Å². The van der Waals surface area contributed by atoms with Gasteiger partial charge in [-0.1, -0.05) is 77.2 Å². The first-order chi connectivity index (χ1) is 12.0. The van der Waals surface area contributed by atoms with Crippen molar-refractivity contribution in [3.05, 3.63) is 30.5 Å². The zero-order valence-electron chi connectivity index (χ0n) is 18.1. The first kappa shape index (κ1) is 10.8. The number of unbranched alkanes of at least 4 members (excludes halogenated alkanes) is 11. The highest BCUT2D eigenvalue weighted by molar-refractivity contribution is 4.83. The van der Waals surface area contributed by atoms with Crippen molar-refractivity contribution in [2.24, 2.45) is 0 Å². The zero-order valence-corrected chi connectivity index (χ0v) is 13.1. The molecule has 0 unspecified atom stereocenters. The average molecular weight is 282 g/mol. The van der Waals surface area contributed by atoms with Gasteiger partial charge in [-0.15, -0.1) is 0 Å². The van der Waals surface area contributed by atoms with Gasteiger partial charge in [0.15, 0.2) is 12.3 Å². The van der Waals surface area contributed by atoms with E-state index >= 15 is 0 Å². The number of hydrogen-bond donors (Lipinski definition) is 0. The standard InChI is InChI=1S/C19H34N/c1-2-3-4-5-6-7-8-9-10-11-12-14-17-20-18-15-13-16-19-20/h13,15-16,18-19H,2-12,14,17H2,1H3/q+1/i13D,15D,16D,18D,19D. The molecule has 0 aliphatic heterocycles.